The maximum absolute atomic E-state index is 11.1. The number of aliphatic carboxylic acids is 2. The molecule has 11 nitrogen and oxygen atoms in total. The van der Waals surface area contributed by atoms with E-state index in [1.807, 2.05) is 0 Å². The van der Waals surface area contributed by atoms with Crippen molar-refractivity contribution in [2.24, 2.45) is 17.2 Å². The number of nitrogens with one attached hydrogen (secondary N) is 1. The highest BCUT2D eigenvalue weighted by Gasteiger charge is 2.14. The van der Waals surface area contributed by atoms with Crippen molar-refractivity contribution in [3.8, 4) is 0 Å². The minimum atomic E-state index is -0.982. The third-order valence-electron chi connectivity index (χ3n) is 2.87. The first-order valence-corrected chi connectivity index (χ1v) is 8.15. The number of aliphatic hydroxyl groups excluding tert-OH is 2. The molecule has 0 radical (unpaired) electrons. The zero-order chi connectivity index (χ0) is 21.1. The first kappa shape index (κ1) is 29.1. The van der Waals surface area contributed by atoms with E-state index in [2.05, 4.69) is 11.1 Å². The fraction of sp³-hybridized carbons (Fsp3) is 0.800. The number of ketones is 1. The maximum atomic E-state index is 11.1. The second-order valence-electron chi connectivity index (χ2n) is 5.28. The van der Waals surface area contributed by atoms with E-state index in [4.69, 9.17) is 31.9 Å². The summed E-state index contributed by atoms with van der Waals surface area (Å²) in [4.78, 5) is 31.2. The predicted octanol–water partition coefficient (Wildman–Crippen LogP) is -2.54. The fourth-order valence-electron chi connectivity index (χ4n) is 1.53. The summed E-state index contributed by atoms with van der Waals surface area (Å²) in [7, 11) is 1.50. The number of rotatable bonds is 12. The third kappa shape index (κ3) is 22.4. The molecule has 0 aliphatic carbocycles. The molecule has 0 aromatic rings. The summed E-state index contributed by atoms with van der Waals surface area (Å²) in [6.07, 6.45) is 0.391. The van der Waals surface area contributed by atoms with Gasteiger partial charge < -0.3 is 42.9 Å². The van der Waals surface area contributed by atoms with E-state index in [-0.39, 0.29) is 44.3 Å². The lowest BCUT2D eigenvalue weighted by molar-refractivity contribution is -0.138. The van der Waals surface area contributed by atoms with Gasteiger partial charge in [-0.1, -0.05) is 6.92 Å². The van der Waals surface area contributed by atoms with E-state index in [9.17, 15) is 14.4 Å². The van der Waals surface area contributed by atoms with Crippen molar-refractivity contribution in [1.29, 1.82) is 0 Å². The molecule has 156 valence electrons. The van der Waals surface area contributed by atoms with E-state index in [1.165, 1.54) is 7.05 Å². The lowest BCUT2D eigenvalue weighted by atomic mass is 10.1. The summed E-state index contributed by atoms with van der Waals surface area (Å²) < 4.78 is 0. The summed E-state index contributed by atoms with van der Waals surface area (Å²) in [6.45, 7) is 1.56. The van der Waals surface area contributed by atoms with Gasteiger partial charge in [-0.05, 0) is 7.05 Å². The van der Waals surface area contributed by atoms with Crippen molar-refractivity contribution in [2.75, 3.05) is 26.8 Å². The Bertz CT molecular complexity index is 383. The highest BCUT2D eigenvalue weighted by atomic mass is 16.4. The van der Waals surface area contributed by atoms with Gasteiger partial charge >= 0.3 is 11.9 Å². The number of aliphatic hydroxyl groups is 2. The van der Waals surface area contributed by atoms with Crippen LogP contribution in [0.3, 0.4) is 0 Å². The van der Waals surface area contributed by atoms with Crippen molar-refractivity contribution < 1.29 is 34.8 Å². The van der Waals surface area contributed by atoms with Gasteiger partial charge in [-0.15, -0.1) is 0 Å². The van der Waals surface area contributed by atoms with Gasteiger partial charge in [-0.3, -0.25) is 14.4 Å². The molecule has 0 fully saturated rings. The monoisotopic (exact) mass is 382 g/mol. The Balaban J connectivity index is -0.000000444. The van der Waals surface area contributed by atoms with Gasteiger partial charge in [0.25, 0.3) is 0 Å². The van der Waals surface area contributed by atoms with Crippen LogP contribution in [0.25, 0.3) is 0 Å². The number of carbonyl (C=O) groups is 3. The standard InChI is InChI=1S/C10H20N2O4.C4H9NO3.CH5N/c1-2-9(14)3-7(11)5-12-8(6-13)4-10(15)16;5-3(2-6)1-4(7)8;1-2/h7-8,12-13H,2-6,11H2,1H3,(H,15,16);3,6H,1-2,5H2,(H,7,8);2H2,1H3. The van der Waals surface area contributed by atoms with Gasteiger partial charge in [0.05, 0.1) is 26.1 Å². The number of hydrogen-bond donors (Lipinski definition) is 8. The van der Waals surface area contributed by atoms with Crippen LogP contribution in [-0.4, -0.2) is 83.1 Å². The lowest BCUT2D eigenvalue weighted by Crippen LogP contribution is -2.43. The van der Waals surface area contributed by atoms with E-state index in [1.54, 1.807) is 6.92 Å². The molecule has 0 aromatic heterocycles. The third-order valence-corrected chi connectivity index (χ3v) is 2.87. The quantitative estimate of drug-likeness (QED) is 0.175. The average Bonchev–Trinajstić information content (AvgIpc) is 2.59. The number of carbonyl (C=O) groups excluding carboxylic acids is 1. The molecule has 0 heterocycles. The molecule has 26 heavy (non-hydrogen) atoms. The van der Waals surface area contributed by atoms with Crippen LogP contribution in [0, 0.1) is 0 Å². The second kappa shape index (κ2) is 19.7. The Morgan fingerprint density at radius 2 is 1.38 bits per heavy atom. The number of hydrogen-bond acceptors (Lipinski definition) is 9. The van der Waals surface area contributed by atoms with Gasteiger partial charge in [0.1, 0.15) is 5.78 Å². The van der Waals surface area contributed by atoms with Gasteiger partial charge in [0.15, 0.2) is 0 Å². The minimum absolute atomic E-state index is 0.0769. The highest BCUT2D eigenvalue weighted by molar-refractivity contribution is 5.78. The first-order valence-electron chi connectivity index (χ1n) is 8.15. The molecule has 0 amide bonds. The van der Waals surface area contributed by atoms with Crippen molar-refractivity contribution in [3.63, 3.8) is 0 Å². The Hall–Kier alpha value is -1.63. The van der Waals surface area contributed by atoms with Crippen molar-refractivity contribution in [3.05, 3.63) is 0 Å². The molecule has 0 aliphatic heterocycles. The van der Waals surface area contributed by atoms with Crippen LogP contribution in [0.4, 0.5) is 0 Å². The number of carboxylic acids is 2. The van der Waals surface area contributed by atoms with Crippen LogP contribution >= 0.6 is 0 Å². The maximum Gasteiger partial charge on any atom is 0.305 e. The van der Waals surface area contributed by atoms with Crippen molar-refractivity contribution in [1.82, 2.24) is 5.32 Å². The zero-order valence-electron chi connectivity index (χ0n) is 15.4. The van der Waals surface area contributed by atoms with E-state index in [0.29, 0.717) is 13.0 Å². The van der Waals surface area contributed by atoms with Crippen LogP contribution in [0.1, 0.15) is 32.6 Å². The molecule has 0 saturated heterocycles. The number of carboxylic acid groups (broad SMARTS) is 2. The van der Waals surface area contributed by atoms with Crippen LogP contribution in [0.5, 0.6) is 0 Å². The normalized spacial score (nSPS) is 13.2. The minimum Gasteiger partial charge on any atom is -0.481 e. The first-order chi connectivity index (χ1) is 12.2. The zero-order valence-corrected chi connectivity index (χ0v) is 15.4. The van der Waals surface area contributed by atoms with Crippen LogP contribution in [0.2, 0.25) is 0 Å². The fourth-order valence-corrected chi connectivity index (χ4v) is 1.53. The van der Waals surface area contributed by atoms with Crippen molar-refractivity contribution in [2.45, 2.75) is 50.7 Å². The van der Waals surface area contributed by atoms with Crippen LogP contribution < -0.4 is 22.5 Å². The van der Waals surface area contributed by atoms with Crippen molar-refractivity contribution >= 4 is 17.7 Å². The highest BCUT2D eigenvalue weighted by Crippen LogP contribution is 1.95. The molecule has 11 heteroatoms. The van der Waals surface area contributed by atoms with E-state index >= 15 is 0 Å². The number of Topliss-reactive ketones (excluding diaryl/α,β-unsaturated/α-hetero) is 1. The van der Waals surface area contributed by atoms with Gasteiger partial charge in [0.2, 0.25) is 0 Å². The molecule has 11 N–H and O–H groups in total. The summed E-state index contributed by atoms with van der Waals surface area (Å²) in [5.41, 5.74) is 15.2. The smallest absolute Gasteiger partial charge is 0.305 e. The Morgan fingerprint density at radius 3 is 1.69 bits per heavy atom. The molecule has 0 rings (SSSR count). The average molecular weight is 382 g/mol. The molecular weight excluding hydrogens is 348 g/mol. The second-order valence-corrected chi connectivity index (χ2v) is 5.28. The van der Waals surface area contributed by atoms with Gasteiger partial charge in [0, 0.05) is 37.5 Å². The Morgan fingerprint density at radius 1 is 0.885 bits per heavy atom. The lowest BCUT2D eigenvalue weighted by Gasteiger charge is -2.17. The van der Waals surface area contributed by atoms with Crippen LogP contribution in [-0.2, 0) is 14.4 Å². The van der Waals surface area contributed by atoms with Crippen LogP contribution in [0.15, 0.2) is 0 Å². The summed E-state index contributed by atoms with van der Waals surface area (Å²) in [5, 5.41) is 36.5. The molecule has 3 unspecified atom stereocenters. The molecule has 3 atom stereocenters. The largest absolute Gasteiger partial charge is 0.481 e. The molecule has 0 bridgehead atoms. The van der Waals surface area contributed by atoms with Gasteiger partial charge in [-0.25, -0.2) is 0 Å². The summed E-state index contributed by atoms with van der Waals surface area (Å²) >= 11 is 0. The summed E-state index contributed by atoms with van der Waals surface area (Å²) in [5.74, 6) is -1.88. The summed E-state index contributed by atoms with van der Waals surface area (Å²) in [6, 6.07) is -1.47. The number of nitrogens with two attached hydrogens (primary N) is 3. The molecule has 0 aromatic carbocycles. The SMILES string of the molecule is CCC(=O)CC(N)CNC(CO)CC(=O)O.CN.NC(CO)CC(=O)O. The molecular formula is C15H34N4O7. The molecule has 0 saturated carbocycles. The topological polar surface area (TPSA) is 222 Å². The predicted molar refractivity (Wildman–Crippen MR) is 96.4 cm³/mol. The molecule has 0 aliphatic rings. The Kier molecular flexibility index (Phi) is 22.1. The van der Waals surface area contributed by atoms with E-state index < -0.39 is 24.0 Å². The van der Waals surface area contributed by atoms with Gasteiger partial charge in [-0.2, -0.15) is 0 Å². The molecule has 0 spiro atoms. The van der Waals surface area contributed by atoms with E-state index in [0.717, 1.165) is 0 Å². The Labute approximate surface area is 153 Å².